The average molecular weight is 252 g/mol. The summed E-state index contributed by atoms with van der Waals surface area (Å²) in [4.78, 5) is 1.26. The Morgan fingerprint density at radius 2 is 2.29 bits per heavy atom. The van der Waals surface area contributed by atoms with E-state index < -0.39 is 0 Å². The molecule has 1 aromatic carbocycles. The molecule has 17 heavy (non-hydrogen) atoms. The van der Waals surface area contributed by atoms with Crippen molar-refractivity contribution >= 4 is 11.8 Å². The Kier molecular flexibility index (Phi) is 4.89. The zero-order valence-corrected chi connectivity index (χ0v) is 11.1. The fourth-order valence-electron chi connectivity index (χ4n) is 2.33. The molecule has 1 aromatic rings. The molecule has 0 aromatic heterocycles. The zero-order chi connectivity index (χ0) is 12.1. The molecule has 2 atom stereocenters. The van der Waals surface area contributed by atoms with Crippen molar-refractivity contribution in [2.24, 2.45) is 0 Å². The van der Waals surface area contributed by atoms with Crippen molar-refractivity contribution in [1.82, 2.24) is 0 Å². The number of thioether (sulfide) groups is 1. The van der Waals surface area contributed by atoms with Crippen LogP contribution < -0.4 is 0 Å². The third-order valence-electron chi connectivity index (χ3n) is 3.30. The summed E-state index contributed by atoms with van der Waals surface area (Å²) in [5, 5.41) is 9.77. The SMILES string of the molecule is COC1CCCC(Sc2cccc(CO)c2)C1. The monoisotopic (exact) mass is 252 g/mol. The maximum absolute atomic E-state index is 9.12. The van der Waals surface area contributed by atoms with Crippen LogP contribution in [-0.2, 0) is 11.3 Å². The number of rotatable bonds is 4. The van der Waals surface area contributed by atoms with E-state index in [-0.39, 0.29) is 6.61 Å². The van der Waals surface area contributed by atoms with Crippen molar-refractivity contribution in [3.8, 4) is 0 Å². The van der Waals surface area contributed by atoms with Crippen LogP contribution in [0.4, 0.5) is 0 Å². The van der Waals surface area contributed by atoms with Gasteiger partial charge in [-0.15, -0.1) is 11.8 Å². The van der Waals surface area contributed by atoms with Crippen molar-refractivity contribution in [3.63, 3.8) is 0 Å². The van der Waals surface area contributed by atoms with Crippen LogP contribution in [0.3, 0.4) is 0 Å². The summed E-state index contributed by atoms with van der Waals surface area (Å²) in [6.45, 7) is 0.125. The summed E-state index contributed by atoms with van der Waals surface area (Å²) in [5.74, 6) is 0. The van der Waals surface area contributed by atoms with E-state index in [0.717, 1.165) is 12.0 Å². The van der Waals surface area contributed by atoms with Crippen molar-refractivity contribution in [1.29, 1.82) is 0 Å². The van der Waals surface area contributed by atoms with E-state index >= 15 is 0 Å². The van der Waals surface area contributed by atoms with Gasteiger partial charge in [-0.1, -0.05) is 12.1 Å². The molecule has 1 N–H and O–H groups in total. The first-order valence-corrected chi connectivity index (χ1v) is 7.09. The number of aliphatic hydroxyl groups excluding tert-OH is 1. The van der Waals surface area contributed by atoms with Crippen LogP contribution >= 0.6 is 11.8 Å². The molecule has 0 bridgehead atoms. The van der Waals surface area contributed by atoms with Gasteiger partial charge in [0.1, 0.15) is 0 Å². The predicted molar refractivity (Wildman–Crippen MR) is 71.3 cm³/mol. The molecule has 0 heterocycles. The maximum atomic E-state index is 9.12. The van der Waals surface area contributed by atoms with E-state index in [1.54, 1.807) is 0 Å². The molecule has 2 rings (SSSR count). The molecule has 2 nitrogen and oxygen atoms in total. The fourth-order valence-corrected chi connectivity index (χ4v) is 3.69. The number of hydrogen-bond acceptors (Lipinski definition) is 3. The molecule has 1 saturated carbocycles. The zero-order valence-electron chi connectivity index (χ0n) is 10.3. The summed E-state index contributed by atoms with van der Waals surface area (Å²) in [5.41, 5.74) is 0.995. The minimum Gasteiger partial charge on any atom is -0.392 e. The Morgan fingerprint density at radius 1 is 1.41 bits per heavy atom. The van der Waals surface area contributed by atoms with Crippen LogP contribution in [0.2, 0.25) is 0 Å². The lowest BCUT2D eigenvalue weighted by molar-refractivity contribution is 0.0730. The number of aliphatic hydroxyl groups is 1. The Hall–Kier alpha value is -0.510. The molecule has 1 aliphatic carbocycles. The lowest BCUT2D eigenvalue weighted by atomic mass is 9.97. The Labute approximate surface area is 107 Å². The van der Waals surface area contributed by atoms with E-state index in [4.69, 9.17) is 9.84 Å². The summed E-state index contributed by atoms with van der Waals surface area (Å²) in [6, 6.07) is 8.19. The van der Waals surface area contributed by atoms with Gasteiger partial charge in [0.2, 0.25) is 0 Å². The Balaban J connectivity index is 1.95. The lowest BCUT2D eigenvalue weighted by Crippen LogP contribution is -2.23. The third-order valence-corrected chi connectivity index (χ3v) is 4.58. The van der Waals surface area contributed by atoms with E-state index in [1.807, 2.05) is 31.0 Å². The molecule has 0 saturated heterocycles. The molecule has 1 fully saturated rings. The van der Waals surface area contributed by atoms with Gasteiger partial charge in [0.05, 0.1) is 12.7 Å². The molecule has 0 aliphatic heterocycles. The van der Waals surface area contributed by atoms with Crippen LogP contribution in [0.5, 0.6) is 0 Å². The van der Waals surface area contributed by atoms with Crippen molar-refractivity contribution in [2.75, 3.05) is 7.11 Å². The molecule has 1 aliphatic rings. The minimum absolute atomic E-state index is 0.125. The van der Waals surface area contributed by atoms with Gasteiger partial charge in [-0.25, -0.2) is 0 Å². The van der Waals surface area contributed by atoms with Gasteiger partial charge in [0.25, 0.3) is 0 Å². The third kappa shape index (κ3) is 3.73. The molecule has 0 radical (unpaired) electrons. The first kappa shape index (κ1) is 12.9. The highest BCUT2D eigenvalue weighted by atomic mass is 32.2. The number of hydrogen-bond donors (Lipinski definition) is 1. The van der Waals surface area contributed by atoms with E-state index in [2.05, 4.69) is 12.1 Å². The van der Waals surface area contributed by atoms with Gasteiger partial charge in [0.15, 0.2) is 0 Å². The lowest BCUT2D eigenvalue weighted by Gasteiger charge is -2.27. The predicted octanol–water partition coefficient (Wildman–Crippen LogP) is 3.23. The van der Waals surface area contributed by atoms with Gasteiger partial charge < -0.3 is 9.84 Å². The summed E-state index contributed by atoms with van der Waals surface area (Å²) < 4.78 is 5.45. The van der Waals surface area contributed by atoms with Gasteiger partial charge in [0, 0.05) is 17.3 Å². The second kappa shape index (κ2) is 6.43. The smallest absolute Gasteiger partial charge is 0.0682 e. The van der Waals surface area contributed by atoms with Gasteiger partial charge >= 0.3 is 0 Å². The average Bonchev–Trinajstić information content (AvgIpc) is 2.39. The van der Waals surface area contributed by atoms with Gasteiger partial charge in [-0.3, -0.25) is 0 Å². The summed E-state index contributed by atoms with van der Waals surface area (Å²) in [7, 11) is 1.81. The summed E-state index contributed by atoms with van der Waals surface area (Å²) in [6.07, 6.45) is 5.31. The topological polar surface area (TPSA) is 29.5 Å². The quantitative estimate of drug-likeness (QED) is 0.892. The van der Waals surface area contributed by atoms with Gasteiger partial charge in [-0.2, -0.15) is 0 Å². The molecule has 2 unspecified atom stereocenters. The molecule has 3 heteroatoms. The van der Waals surface area contributed by atoms with Crippen LogP contribution in [-0.4, -0.2) is 23.6 Å². The van der Waals surface area contributed by atoms with E-state index in [1.165, 1.54) is 24.2 Å². The van der Waals surface area contributed by atoms with Crippen LogP contribution in [0.25, 0.3) is 0 Å². The summed E-state index contributed by atoms with van der Waals surface area (Å²) >= 11 is 1.92. The van der Waals surface area contributed by atoms with Crippen molar-refractivity contribution in [3.05, 3.63) is 29.8 Å². The standard InChI is InChI=1S/C14H20O2S/c1-16-12-5-3-7-14(9-12)17-13-6-2-4-11(8-13)10-15/h2,4,6,8,12,14-15H,3,5,7,9-10H2,1H3. The fraction of sp³-hybridized carbons (Fsp3) is 0.571. The normalized spacial score (nSPS) is 24.8. The largest absolute Gasteiger partial charge is 0.392 e. The molecule has 0 amide bonds. The van der Waals surface area contributed by atoms with Crippen LogP contribution in [0.1, 0.15) is 31.2 Å². The first-order chi connectivity index (χ1) is 8.31. The van der Waals surface area contributed by atoms with Crippen LogP contribution in [0.15, 0.2) is 29.2 Å². The second-order valence-electron chi connectivity index (χ2n) is 4.57. The highest BCUT2D eigenvalue weighted by molar-refractivity contribution is 8.00. The second-order valence-corrected chi connectivity index (χ2v) is 5.94. The Bertz CT molecular complexity index is 354. The molecular formula is C14H20O2S. The van der Waals surface area contributed by atoms with Crippen molar-refractivity contribution < 1.29 is 9.84 Å². The number of ether oxygens (including phenoxy) is 1. The number of benzene rings is 1. The maximum Gasteiger partial charge on any atom is 0.0682 e. The highest BCUT2D eigenvalue weighted by Crippen LogP contribution is 2.34. The van der Waals surface area contributed by atoms with Crippen molar-refractivity contribution in [2.45, 2.75) is 48.5 Å². The molecule has 0 spiro atoms. The Morgan fingerprint density at radius 3 is 3.06 bits per heavy atom. The highest BCUT2D eigenvalue weighted by Gasteiger charge is 2.22. The number of methoxy groups -OCH3 is 1. The molecular weight excluding hydrogens is 232 g/mol. The first-order valence-electron chi connectivity index (χ1n) is 6.21. The van der Waals surface area contributed by atoms with Crippen LogP contribution in [0, 0.1) is 0 Å². The minimum atomic E-state index is 0.125. The molecule has 94 valence electrons. The van der Waals surface area contributed by atoms with E-state index in [9.17, 15) is 0 Å². The van der Waals surface area contributed by atoms with E-state index in [0.29, 0.717) is 11.4 Å². The van der Waals surface area contributed by atoms with Gasteiger partial charge in [-0.05, 0) is 43.4 Å².